The predicted molar refractivity (Wildman–Crippen MR) is 102 cm³/mol. The lowest BCUT2D eigenvalue weighted by Crippen LogP contribution is -2.27. The molecule has 0 aliphatic rings. The Morgan fingerprint density at radius 3 is 2.50 bits per heavy atom. The fraction of sp³-hybridized carbons (Fsp3) is 0.200. The molecule has 0 aliphatic heterocycles. The Labute approximate surface area is 161 Å². The van der Waals surface area contributed by atoms with Gasteiger partial charge in [-0.05, 0) is 38.1 Å². The monoisotopic (exact) mass is 380 g/mol. The van der Waals surface area contributed by atoms with Crippen LogP contribution in [0.15, 0.2) is 47.1 Å². The highest BCUT2D eigenvalue weighted by atomic mass is 16.3. The number of hydrogen-bond acceptors (Lipinski definition) is 5. The highest BCUT2D eigenvalue weighted by Gasteiger charge is 2.25. The molecule has 0 atom stereocenters. The van der Waals surface area contributed by atoms with Gasteiger partial charge in [-0.1, -0.05) is 12.1 Å². The number of carbonyl (C=O) groups is 3. The van der Waals surface area contributed by atoms with Gasteiger partial charge in [-0.25, -0.2) is 0 Å². The van der Waals surface area contributed by atoms with E-state index in [1.165, 1.54) is 6.26 Å². The second-order valence-corrected chi connectivity index (χ2v) is 6.26. The molecule has 8 heteroatoms. The van der Waals surface area contributed by atoms with E-state index >= 15 is 0 Å². The van der Waals surface area contributed by atoms with Crippen molar-refractivity contribution in [3.05, 3.63) is 70.9 Å². The van der Waals surface area contributed by atoms with Crippen molar-refractivity contribution >= 4 is 23.3 Å². The van der Waals surface area contributed by atoms with Crippen LogP contribution in [0.3, 0.4) is 0 Å². The molecule has 2 aromatic heterocycles. The van der Waals surface area contributed by atoms with E-state index in [0.29, 0.717) is 17.1 Å². The molecule has 2 amide bonds. The van der Waals surface area contributed by atoms with Gasteiger partial charge in [0.15, 0.2) is 0 Å². The van der Waals surface area contributed by atoms with Crippen LogP contribution in [0.4, 0.5) is 5.69 Å². The molecule has 3 rings (SSSR count). The number of nitrogens with zero attached hydrogens (tertiary/aromatic N) is 2. The molecule has 0 saturated carbocycles. The zero-order valence-electron chi connectivity index (χ0n) is 15.8. The average molecular weight is 380 g/mol. The van der Waals surface area contributed by atoms with Crippen molar-refractivity contribution in [2.45, 2.75) is 20.4 Å². The number of rotatable bonds is 6. The van der Waals surface area contributed by atoms with Crippen molar-refractivity contribution in [3.8, 4) is 0 Å². The summed E-state index contributed by atoms with van der Waals surface area (Å²) in [6, 6.07) is 9.95. The lowest BCUT2D eigenvalue weighted by molar-refractivity contribution is -0.112. The van der Waals surface area contributed by atoms with Gasteiger partial charge in [-0.2, -0.15) is 5.10 Å². The summed E-state index contributed by atoms with van der Waals surface area (Å²) in [6.45, 7) is 3.60. The van der Waals surface area contributed by atoms with Crippen molar-refractivity contribution in [2.24, 2.45) is 7.05 Å². The third-order valence-electron chi connectivity index (χ3n) is 4.37. The zero-order chi connectivity index (χ0) is 20.3. The summed E-state index contributed by atoms with van der Waals surface area (Å²) >= 11 is 0. The Kier molecular flexibility index (Phi) is 5.39. The molecule has 8 nitrogen and oxygen atoms in total. The first-order chi connectivity index (χ1) is 13.4. The van der Waals surface area contributed by atoms with Crippen molar-refractivity contribution in [3.63, 3.8) is 0 Å². The minimum absolute atomic E-state index is 0.209. The van der Waals surface area contributed by atoms with Crippen LogP contribution in [0, 0.1) is 13.8 Å². The van der Waals surface area contributed by atoms with Gasteiger partial charge < -0.3 is 15.1 Å². The number of furan rings is 1. The molecule has 0 radical (unpaired) electrons. The molecule has 2 heterocycles. The zero-order valence-corrected chi connectivity index (χ0v) is 15.8. The molecule has 28 heavy (non-hydrogen) atoms. The van der Waals surface area contributed by atoms with Gasteiger partial charge in [-0.15, -0.1) is 0 Å². The van der Waals surface area contributed by atoms with Crippen LogP contribution >= 0.6 is 0 Å². The molecule has 2 N–H and O–H groups in total. The first kappa shape index (κ1) is 19.1. The van der Waals surface area contributed by atoms with Crippen molar-refractivity contribution < 1.29 is 18.8 Å². The minimum Gasteiger partial charge on any atom is -0.467 e. The van der Waals surface area contributed by atoms with Gasteiger partial charge in [0.1, 0.15) is 5.76 Å². The Hall–Kier alpha value is -3.68. The van der Waals surface area contributed by atoms with Crippen LogP contribution < -0.4 is 10.6 Å². The molecule has 3 aromatic rings. The van der Waals surface area contributed by atoms with Gasteiger partial charge in [0.05, 0.1) is 35.3 Å². The second-order valence-electron chi connectivity index (χ2n) is 6.26. The summed E-state index contributed by atoms with van der Waals surface area (Å²) in [5, 5.41) is 9.41. The van der Waals surface area contributed by atoms with E-state index in [-0.39, 0.29) is 23.4 Å². The number of Topliss-reactive ketones (excluding diaryl/α,β-unsaturated/α-hetero) is 1. The maximum atomic E-state index is 12.6. The number of amides is 2. The number of aromatic nitrogens is 2. The van der Waals surface area contributed by atoms with Crippen molar-refractivity contribution in [2.75, 3.05) is 5.32 Å². The molecule has 0 saturated heterocycles. The van der Waals surface area contributed by atoms with Gasteiger partial charge >= 0.3 is 0 Å². The van der Waals surface area contributed by atoms with Gasteiger partial charge in [0, 0.05) is 12.7 Å². The van der Waals surface area contributed by atoms with E-state index in [0.717, 1.165) is 0 Å². The third-order valence-corrected chi connectivity index (χ3v) is 4.37. The quantitative estimate of drug-likeness (QED) is 0.504. The summed E-state index contributed by atoms with van der Waals surface area (Å²) in [6.07, 6.45) is 1.52. The molecule has 0 fully saturated rings. The smallest absolute Gasteiger partial charge is 0.296 e. The Morgan fingerprint density at radius 2 is 1.86 bits per heavy atom. The number of benzene rings is 1. The summed E-state index contributed by atoms with van der Waals surface area (Å²) in [4.78, 5) is 37.6. The lowest BCUT2D eigenvalue weighted by Gasteiger charge is -2.11. The number of carbonyl (C=O) groups excluding carboxylic acids is 3. The molecular weight excluding hydrogens is 360 g/mol. The number of para-hydroxylation sites is 1. The summed E-state index contributed by atoms with van der Waals surface area (Å²) < 4.78 is 6.73. The van der Waals surface area contributed by atoms with Crippen LogP contribution in [0.1, 0.15) is 37.9 Å². The van der Waals surface area contributed by atoms with E-state index < -0.39 is 17.6 Å². The molecule has 1 aromatic carbocycles. The third kappa shape index (κ3) is 3.85. The van der Waals surface area contributed by atoms with E-state index in [1.807, 2.05) is 0 Å². The molecular formula is C20H20N4O4. The summed E-state index contributed by atoms with van der Waals surface area (Å²) in [5.74, 6) is -1.32. The fourth-order valence-electron chi connectivity index (χ4n) is 2.86. The predicted octanol–water partition coefficient (Wildman–Crippen LogP) is 2.38. The molecule has 144 valence electrons. The van der Waals surface area contributed by atoms with Crippen molar-refractivity contribution in [1.82, 2.24) is 15.1 Å². The first-order valence-corrected chi connectivity index (χ1v) is 8.64. The first-order valence-electron chi connectivity index (χ1n) is 8.64. The Balaban J connectivity index is 1.76. The Bertz CT molecular complexity index is 1030. The van der Waals surface area contributed by atoms with Gasteiger partial charge in [-0.3, -0.25) is 19.1 Å². The van der Waals surface area contributed by atoms with E-state index in [2.05, 4.69) is 15.7 Å². The van der Waals surface area contributed by atoms with E-state index in [9.17, 15) is 14.4 Å². The topological polar surface area (TPSA) is 106 Å². The maximum absolute atomic E-state index is 12.6. The Morgan fingerprint density at radius 1 is 1.11 bits per heavy atom. The second kappa shape index (κ2) is 7.91. The normalized spacial score (nSPS) is 10.5. The number of aryl methyl sites for hydroxylation is 2. The highest BCUT2D eigenvalue weighted by Crippen LogP contribution is 2.18. The standard InChI is InChI=1S/C20H20N4O4/c1-12-17(13(2)24(3)23-12)18(25)20(27)22-16-9-5-4-8-15(16)19(26)21-11-14-7-6-10-28-14/h4-10H,11H2,1-3H3,(H,21,26)(H,22,27). The largest absolute Gasteiger partial charge is 0.467 e. The van der Waals surface area contributed by atoms with Crippen LogP contribution in [-0.2, 0) is 18.4 Å². The highest BCUT2D eigenvalue weighted by molar-refractivity contribution is 6.47. The minimum atomic E-state index is -0.828. The number of nitrogens with one attached hydrogen (secondary N) is 2. The van der Waals surface area contributed by atoms with Gasteiger partial charge in [0.25, 0.3) is 17.6 Å². The van der Waals surface area contributed by atoms with Crippen molar-refractivity contribution in [1.29, 1.82) is 0 Å². The van der Waals surface area contributed by atoms with E-state index in [4.69, 9.17) is 4.42 Å². The van der Waals surface area contributed by atoms with Crippen LogP contribution in [0.25, 0.3) is 0 Å². The molecule has 0 aliphatic carbocycles. The number of ketones is 1. The number of anilines is 1. The maximum Gasteiger partial charge on any atom is 0.296 e. The molecule has 0 spiro atoms. The van der Waals surface area contributed by atoms with E-state index in [1.54, 1.807) is 62.0 Å². The molecule has 0 bridgehead atoms. The van der Waals surface area contributed by atoms with Crippen LogP contribution in [0.2, 0.25) is 0 Å². The van der Waals surface area contributed by atoms with Crippen LogP contribution in [-0.4, -0.2) is 27.4 Å². The number of hydrogen-bond donors (Lipinski definition) is 2. The SMILES string of the molecule is Cc1nn(C)c(C)c1C(=O)C(=O)Nc1ccccc1C(=O)NCc1ccco1. The summed E-state index contributed by atoms with van der Waals surface area (Å²) in [5.41, 5.74) is 1.83. The molecule has 0 unspecified atom stereocenters. The lowest BCUT2D eigenvalue weighted by atomic mass is 10.1. The fourth-order valence-corrected chi connectivity index (χ4v) is 2.86. The average Bonchev–Trinajstić information content (AvgIpc) is 3.28. The summed E-state index contributed by atoms with van der Waals surface area (Å²) in [7, 11) is 1.70. The van der Waals surface area contributed by atoms with Gasteiger partial charge in [0.2, 0.25) is 0 Å². The van der Waals surface area contributed by atoms with Crippen LogP contribution in [0.5, 0.6) is 0 Å².